The van der Waals surface area contributed by atoms with Gasteiger partial charge in [-0.2, -0.15) is 11.3 Å². The van der Waals surface area contributed by atoms with Gasteiger partial charge in [-0.15, -0.1) is 0 Å². The van der Waals surface area contributed by atoms with Crippen LogP contribution in [0.2, 0.25) is 0 Å². The van der Waals surface area contributed by atoms with Gasteiger partial charge in [-0.05, 0) is 53.6 Å². The number of amides is 1. The fraction of sp³-hybridized carbons (Fsp3) is 0.667. The van der Waals surface area contributed by atoms with Gasteiger partial charge in [0.25, 0.3) is 0 Å². The van der Waals surface area contributed by atoms with Gasteiger partial charge >= 0.3 is 0 Å². The largest absolute Gasteiger partial charge is 0.387 e. The van der Waals surface area contributed by atoms with E-state index in [-0.39, 0.29) is 12.5 Å². The maximum absolute atomic E-state index is 11.8. The van der Waals surface area contributed by atoms with E-state index in [0.29, 0.717) is 24.8 Å². The van der Waals surface area contributed by atoms with E-state index in [2.05, 4.69) is 19.2 Å². The number of carbonyl (C=O) groups excluding carboxylic acids is 1. The van der Waals surface area contributed by atoms with Crippen molar-refractivity contribution in [2.45, 2.75) is 39.2 Å². The van der Waals surface area contributed by atoms with Crippen molar-refractivity contribution in [1.82, 2.24) is 5.32 Å². The second-order valence-electron chi connectivity index (χ2n) is 5.50. The average molecular weight is 298 g/mol. The van der Waals surface area contributed by atoms with E-state index in [4.69, 9.17) is 5.73 Å². The molecule has 1 heterocycles. The molecule has 4 N–H and O–H groups in total. The zero-order chi connectivity index (χ0) is 15.0. The highest BCUT2D eigenvalue weighted by atomic mass is 32.1. The normalized spacial score (nSPS) is 14.2. The smallest absolute Gasteiger partial charge is 0.220 e. The first-order valence-electron chi connectivity index (χ1n) is 7.21. The molecule has 114 valence electrons. The second kappa shape index (κ2) is 9.10. The summed E-state index contributed by atoms with van der Waals surface area (Å²) in [6.45, 7) is 5.28. The quantitative estimate of drug-likeness (QED) is 0.655. The van der Waals surface area contributed by atoms with Gasteiger partial charge < -0.3 is 16.2 Å². The third kappa shape index (κ3) is 6.03. The van der Waals surface area contributed by atoms with E-state index in [1.165, 1.54) is 0 Å². The van der Waals surface area contributed by atoms with Crippen LogP contribution in [-0.4, -0.2) is 24.1 Å². The van der Waals surface area contributed by atoms with E-state index in [9.17, 15) is 9.90 Å². The number of carbonyl (C=O) groups is 1. The average Bonchev–Trinajstić information content (AvgIpc) is 2.94. The van der Waals surface area contributed by atoms with Gasteiger partial charge in [0.2, 0.25) is 5.91 Å². The van der Waals surface area contributed by atoms with Gasteiger partial charge in [0.05, 0.1) is 6.10 Å². The molecule has 2 atom stereocenters. The third-order valence-corrected chi connectivity index (χ3v) is 4.34. The SMILES string of the molecule is CC(C)C(CCN)CCC(=O)NCC(O)c1ccsc1. The zero-order valence-electron chi connectivity index (χ0n) is 12.3. The van der Waals surface area contributed by atoms with Crippen molar-refractivity contribution >= 4 is 17.2 Å². The van der Waals surface area contributed by atoms with Crippen LogP contribution in [0.15, 0.2) is 16.8 Å². The minimum atomic E-state index is -0.616. The van der Waals surface area contributed by atoms with E-state index >= 15 is 0 Å². The van der Waals surface area contributed by atoms with Gasteiger partial charge in [0.1, 0.15) is 0 Å². The summed E-state index contributed by atoms with van der Waals surface area (Å²) in [4.78, 5) is 11.8. The number of thiophene rings is 1. The van der Waals surface area contributed by atoms with Crippen molar-refractivity contribution in [2.75, 3.05) is 13.1 Å². The number of hydrogen-bond acceptors (Lipinski definition) is 4. The summed E-state index contributed by atoms with van der Waals surface area (Å²) in [5.74, 6) is 1.04. The maximum atomic E-state index is 11.8. The Kier molecular flexibility index (Phi) is 7.80. The van der Waals surface area contributed by atoms with Crippen molar-refractivity contribution in [3.8, 4) is 0 Å². The van der Waals surface area contributed by atoms with Gasteiger partial charge in [0, 0.05) is 13.0 Å². The Morgan fingerprint density at radius 1 is 1.45 bits per heavy atom. The first-order valence-corrected chi connectivity index (χ1v) is 8.15. The Bertz CT molecular complexity index is 379. The summed E-state index contributed by atoms with van der Waals surface area (Å²) in [5, 5.41) is 16.5. The number of nitrogens with one attached hydrogen (secondary N) is 1. The molecule has 4 nitrogen and oxygen atoms in total. The van der Waals surface area contributed by atoms with Gasteiger partial charge in [-0.3, -0.25) is 4.79 Å². The summed E-state index contributed by atoms with van der Waals surface area (Å²) in [7, 11) is 0. The lowest BCUT2D eigenvalue weighted by atomic mass is 9.88. The fourth-order valence-corrected chi connectivity index (χ4v) is 2.93. The molecule has 0 radical (unpaired) electrons. The molecule has 0 saturated carbocycles. The molecule has 0 aliphatic carbocycles. The zero-order valence-corrected chi connectivity index (χ0v) is 13.2. The van der Waals surface area contributed by atoms with Crippen LogP contribution < -0.4 is 11.1 Å². The molecule has 1 aromatic heterocycles. The lowest BCUT2D eigenvalue weighted by Gasteiger charge is -2.19. The van der Waals surface area contributed by atoms with Crippen LogP contribution in [0.1, 0.15) is 44.8 Å². The number of nitrogens with two attached hydrogens (primary N) is 1. The molecule has 0 aromatic carbocycles. The molecule has 0 aliphatic rings. The lowest BCUT2D eigenvalue weighted by Crippen LogP contribution is -2.29. The maximum Gasteiger partial charge on any atom is 0.220 e. The molecule has 0 bridgehead atoms. The van der Waals surface area contributed by atoms with Crippen molar-refractivity contribution in [3.63, 3.8) is 0 Å². The number of aliphatic hydroxyl groups is 1. The molecule has 2 unspecified atom stereocenters. The first kappa shape index (κ1) is 17.1. The Morgan fingerprint density at radius 2 is 2.20 bits per heavy atom. The van der Waals surface area contributed by atoms with Crippen LogP contribution in [0.5, 0.6) is 0 Å². The Labute approximate surface area is 125 Å². The van der Waals surface area contributed by atoms with E-state index in [1.54, 1.807) is 11.3 Å². The molecule has 0 saturated heterocycles. The van der Waals surface area contributed by atoms with Crippen molar-refractivity contribution in [1.29, 1.82) is 0 Å². The summed E-state index contributed by atoms with van der Waals surface area (Å²) in [6.07, 6.45) is 1.70. The highest BCUT2D eigenvalue weighted by molar-refractivity contribution is 7.07. The van der Waals surface area contributed by atoms with Crippen LogP contribution in [0.25, 0.3) is 0 Å². The number of hydrogen-bond donors (Lipinski definition) is 3. The van der Waals surface area contributed by atoms with Crippen molar-refractivity contribution in [3.05, 3.63) is 22.4 Å². The molecule has 0 aliphatic heterocycles. The topological polar surface area (TPSA) is 75.4 Å². The van der Waals surface area contributed by atoms with Gasteiger partial charge in [-0.25, -0.2) is 0 Å². The predicted molar refractivity (Wildman–Crippen MR) is 83.5 cm³/mol. The van der Waals surface area contributed by atoms with E-state index in [0.717, 1.165) is 18.4 Å². The van der Waals surface area contributed by atoms with Crippen LogP contribution in [0.3, 0.4) is 0 Å². The third-order valence-electron chi connectivity index (χ3n) is 3.64. The Morgan fingerprint density at radius 3 is 2.75 bits per heavy atom. The molecule has 1 rings (SSSR count). The molecule has 1 amide bonds. The lowest BCUT2D eigenvalue weighted by molar-refractivity contribution is -0.121. The minimum absolute atomic E-state index is 0.00181. The number of aliphatic hydroxyl groups excluding tert-OH is 1. The predicted octanol–water partition coefficient (Wildman–Crippen LogP) is 2.30. The highest BCUT2D eigenvalue weighted by Crippen LogP contribution is 2.20. The molecular weight excluding hydrogens is 272 g/mol. The van der Waals surface area contributed by atoms with Crippen molar-refractivity contribution in [2.24, 2.45) is 17.6 Å². The summed E-state index contributed by atoms with van der Waals surface area (Å²) < 4.78 is 0. The minimum Gasteiger partial charge on any atom is -0.387 e. The van der Waals surface area contributed by atoms with E-state index in [1.807, 2.05) is 16.8 Å². The fourth-order valence-electron chi connectivity index (χ4n) is 2.22. The summed E-state index contributed by atoms with van der Waals surface area (Å²) >= 11 is 1.54. The monoisotopic (exact) mass is 298 g/mol. The first-order chi connectivity index (χ1) is 9.54. The van der Waals surface area contributed by atoms with Crippen LogP contribution in [-0.2, 0) is 4.79 Å². The highest BCUT2D eigenvalue weighted by Gasteiger charge is 2.15. The van der Waals surface area contributed by atoms with Crippen molar-refractivity contribution < 1.29 is 9.90 Å². The van der Waals surface area contributed by atoms with Crippen LogP contribution in [0.4, 0.5) is 0 Å². The number of rotatable bonds is 9. The summed E-state index contributed by atoms with van der Waals surface area (Å²) in [6, 6.07) is 1.87. The summed E-state index contributed by atoms with van der Waals surface area (Å²) in [5.41, 5.74) is 6.45. The van der Waals surface area contributed by atoms with Crippen LogP contribution in [0, 0.1) is 11.8 Å². The standard InChI is InChI=1S/C15H26N2O2S/c1-11(2)12(5-7-16)3-4-15(19)17-9-14(18)13-6-8-20-10-13/h6,8,10-12,14,18H,3-5,7,9,16H2,1-2H3,(H,17,19). The van der Waals surface area contributed by atoms with Crippen LogP contribution >= 0.6 is 11.3 Å². The molecule has 0 spiro atoms. The molecule has 20 heavy (non-hydrogen) atoms. The molecule has 5 heteroatoms. The molecular formula is C15H26N2O2S. The van der Waals surface area contributed by atoms with Gasteiger partial charge in [-0.1, -0.05) is 13.8 Å². The Balaban J connectivity index is 2.26. The van der Waals surface area contributed by atoms with E-state index < -0.39 is 6.10 Å². The molecule has 0 fully saturated rings. The molecule has 1 aromatic rings. The van der Waals surface area contributed by atoms with Gasteiger partial charge in [0.15, 0.2) is 0 Å². The second-order valence-corrected chi connectivity index (χ2v) is 6.28. The Hall–Kier alpha value is -0.910.